The standard InChI is InChI=1S/C21H23Cl2NO3/c1-13(2)20(15-8-10-16(22)11-9-15)21(26)27-12-19(25)24-14(3)17-6-4-5-7-18(17)23/h4-11,13-14,20H,12H2,1-3H3,(H,24,25)/t14-,20+/m1/s1. The molecule has 2 aromatic rings. The van der Waals surface area contributed by atoms with Crippen molar-refractivity contribution in [2.45, 2.75) is 32.7 Å². The third-order valence-corrected chi connectivity index (χ3v) is 4.84. The molecule has 144 valence electrons. The molecule has 0 saturated heterocycles. The van der Waals surface area contributed by atoms with E-state index in [1.54, 1.807) is 30.3 Å². The smallest absolute Gasteiger partial charge is 0.314 e. The predicted octanol–water partition coefficient (Wildman–Crippen LogP) is 5.15. The first-order valence-electron chi connectivity index (χ1n) is 8.75. The Hall–Kier alpha value is -2.04. The fourth-order valence-corrected chi connectivity index (χ4v) is 3.30. The van der Waals surface area contributed by atoms with E-state index in [-0.39, 0.29) is 24.5 Å². The first kappa shape index (κ1) is 21.3. The Bertz CT molecular complexity index is 790. The molecule has 0 unspecified atom stereocenters. The number of carbonyl (C=O) groups is 2. The fourth-order valence-electron chi connectivity index (χ4n) is 2.88. The maximum Gasteiger partial charge on any atom is 0.314 e. The molecule has 0 radical (unpaired) electrons. The Labute approximate surface area is 169 Å². The largest absolute Gasteiger partial charge is 0.455 e. The number of hydrogen-bond acceptors (Lipinski definition) is 3. The maximum atomic E-state index is 12.5. The second kappa shape index (κ2) is 9.77. The van der Waals surface area contributed by atoms with Crippen LogP contribution < -0.4 is 5.32 Å². The molecule has 2 rings (SSSR count). The molecule has 1 amide bonds. The Morgan fingerprint density at radius 3 is 2.22 bits per heavy atom. The summed E-state index contributed by atoms with van der Waals surface area (Å²) in [5, 5.41) is 3.96. The van der Waals surface area contributed by atoms with Crippen LogP contribution in [0.15, 0.2) is 48.5 Å². The molecule has 2 aromatic carbocycles. The van der Waals surface area contributed by atoms with Crippen LogP contribution in [0.2, 0.25) is 10.0 Å². The van der Waals surface area contributed by atoms with E-state index in [1.165, 1.54) is 0 Å². The van der Waals surface area contributed by atoms with Gasteiger partial charge in [0.1, 0.15) is 0 Å². The highest BCUT2D eigenvalue weighted by Gasteiger charge is 2.26. The van der Waals surface area contributed by atoms with Crippen molar-refractivity contribution in [2.75, 3.05) is 6.61 Å². The summed E-state index contributed by atoms with van der Waals surface area (Å²) in [4.78, 5) is 24.7. The summed E-state index contributed by atoms with van der Waals surface area (Å²) in [7, 11) is 0. The third kappa shape index (κ3) is 5.98. The van der Waals surface area contributed by atoms with Gasteiger partial charge in [-0.2, -0.15) is 0 Å². The van der Waals surface area contributed by atoms with E-state index in [9.17, 15) is 9.59 Å². The topological polar surface area (TPSA) is 55.4 Å². The Morgan fingerprint density at radius 1 is 1.00 bits per heavy atom. The zero-order valence-electron chi connectivity index (χ0n) is 15.5. The van der Waals surface area contributed by atoms with Gasteiger partial charge in [-0.1, -0.05) is 67.4 Å². The van der Waals surface area contributed by atoms with Gasteiger partial charge in [0.2, 0.25) is 0 Å². The van der Waals surface area contributed by atoms with Gasteiger partial charge >= 0.3 is 5.97 Å². The van der Waals surface area contributed by atoms with E-state index < -0.39 is 11.9 Å². The fraction of sp³-hybridized carbons (Fsp3) is 0.333. The molecule has 0 fully saturated rings. The molecule has 0 aliphatic carbocycles. The summed E-state index contributed by atoms with van der Waals surface area (Å²) in [6.07, 6.45) is 0. The van der Waals surface area contributed by atoms with Crippen LogP contribution in [0.4, 0.5) is 0 Å². The van der Waals surface area contributed by atoms with E-state index in [0.29, 0.717) is 10.0 Å². The number of hydrogen-bond donors (Lipinski definition) is 1. The molecule has 1 N–H and O–H groups in total. The Morgan fingerprint density at radius 2 is 1.63 bits per heavy atom. The van der Waals surface area contributed by atoms with Gasteiger partial charge in [-0.3, -0.25) is 9.59 Å². The third-order valence-electron chi connectivity index (χ3n) is 4.24. The summed E-state index contributed by atoms with van der Waals surface area (Å²) < 4.78 is 5.26. The van der Waals surface area contributed by atoms with Crippen molar-refractivity contribution in [1.82, 2.24) is 5.32 Å². The van der Waals surface area contributed by atoms with Crippen LogP contribution in [0.5, 0.6) is 0 Å². The average Bonchev–Trinajstić information content (AvgIpc) is 2.62. The van der Waals surface area contributed by atoms with Crippen LogP contribution in [-0.2, 0) is 14.3 Å². The lowest BCUT2D eigenvalue weighted by Crippen LogP contribution is -2.32. The lowest BCUT2D eigenvalue weighted by Gasteiger charge is -2.20. The molecule has 0 heterocycles. The summed E-state index contributed by atoms with van der Waals surface area (Å²) in [5.41, 5.74) is 1.62. The number of rotatable bonds is 7. The summed E-state index contributed by atoms with van der Waals surface area (Å²) in [6, 6.07) is 14.1. The van der Waals surface area contributed by atoms with Crippen LogP contribution in [-0.4, -0.2) is 18.5 Å². The first-order valence-corrected chi connectivity index (χ1v) is 9.51. The van der Waals surface area contributed by atoms with E-state index in [2.05, 4.69) is 5.32 Å². The second-order valence-corrected chi connectivity index (χ2v) is 7.54. The number of nitrogens with one attached hydrogen (secondary N) is 1. The van der Waals surface area contributed by atoms with Crippen LogP contribution in [0.25, 0.3) is 0 Å². The molecule has 27 heavy (non-hydrogen) atoms. The van der Waals surface area contributed by atoms with Crippen molar-refractivity contribution in [3.63, 3.8) is 0 Å². The van der Waals surface area contributed by atoms with Crippen molar-refractivity contribution in [2.24, 2.45) is 5.92 Å². The van der Waals surface area contributed by atoms with E-state index in [1.807, 2.05) is 39.0 Å². The first-order chi connectivity index (χ1) is 12.8. The molecule has 6 heteroatoms. The number of carbonyl (C=O) groups excluding carboxylic acids is 2. The summed E-state index contributed by atoms with van der Waals surface area (Å²) in [6.45, 7) is 5.34. The van der Waals surface area contributed by atoms with Crippen molar-refractivity contribution >= 4 is 35.1 Å². The summed E-state index contributed by atoms with van der Waals surface area (Å²) >= 11 is 12.0. The number of ether oxygens (including phenoxy) is 1. The van der Waals surface area contributed by atoms with E-state index in [0.717, 1.165) is 11.1 Å². The normalized spacial score (nSPS) is 13.1. The van der Waals surface area contributed by atoms with Gasteiger partial charge in [0, 0.05) is 10.0 Å². The highest BCUT2D eigenvalue weighted by atomic mass is 35.5. The van der Waals surface area contributed by atoms with E-state index >= 15 is 0 Å². The predicted molar refractivity (Wildman–Crippen MR) is 108 cm³/mol. The molecular weight excluding hydrogens is 385 g/mol. The highest BCUT2D eigenvalue weighted by molar-refractivity contribution is 6.31. The van der Waals surface area contributed by atoms with Crippen molar-refractivity contribution in [1.29, 1.82) is 0 Å². The average molecular weight is 408 g/mol. The number of amides is 1. The van der Waals surface area contributed by atoms with Gasteiger partial charge < -0.3 is 10.1 Å². The SMILES string of the molecule is CC(C)[C@H](C(=O)OCC(=O)N[C@H](C)c1ccccc1Cl)c1ccc(Cl)cc1. The molecule has 2 atom stereocenters. The van der Waals surface area contributed by atoms with Gasteiger partial charge in [-0.25, -0.2) is 0 Å². The van der Waals surface area contributed by atoms with Crippen molar-refractivity contribution < 1.29 is 14.3 Å². The van der Waals surface area contributed by atoms with Gasteiger partial charge in [0.05, 0.1) is 12.0 Å². The molecular formula is C21H23Cl2NO3. The zero-order chi connectivity index (χ0) is 20.0. The lowest BCUT2D eigenvalue weighted by molar-refractivity contribution is -0.151. The quantitative estimate of drug-likeness (QED) is 0.645. The van der Waals surface area contributed by atoms with Crippen LogP contribution in [0.3, 0.4) is 0 Å². The number of halogens is 2. The highest BCUT2D eigenvalue weighted by Crippen LogP contribution is 2.27. The Balaban J connectivity index is 1.95. The van der Waals surface area contributed by atoms with Crippen molar-refractivity contribution in [3.8, 4) is 0 Å². The molecule has 0 aliphatic rings. The molecule has 0 aromatic heterocycles. The minimum Gasteiger partial charge on any atom is -0.455 e. The van der Waals surface area contributed by atoms with Crippen LogP contribution >= 0.6 is 23.2 Å². The van der Waals surface area contributed by atoms with Gasteiger partial charge in [-0.15, -0.1) is 0 Å². The molecule has 0 bridgehead atoms. The molecule has 0 aliphatic heterocycles. The van der Waals surface area contributed by atoms with Gasteiger partial charge in [-0.05, 0) is 42.2 Å². The zero-order valence-corrected chi connectivity index (χ0v) is 17.1. The minimum atomic E-state index is -0.462. The molecule has 0 spiro atoms. The monoisotopic (exact) mass is 407 g/mol. The van der Waals surface area contributed by atoms with Crippen LogP contribution in [0.1, 0.15) is 43.9 Å². The number of benzene rings is 2. The summed E-state index contributed by atoms with van der Waals surface area (Å²) in [5.74, 6) is -1.26. The second-order valence-electron chi connectivity index (χ2n) is 6.69. The minimum absolute atomic E-state index is 0.0174. The van der Waals surface area contributed by atoms with E-state index in [4.69, 9.17) is 27.9 Å². The molecule has 4 nitrogen and oxygen atoms in total. The number of esters is 1. The molecule has 0 saturated carbocycles. The van der Waals surface area contributed by atoms with Crippen molar-refractivity contribution in [3.05, 3.63) is 69.7 Å². The van der Waals surface area contributed by atoms with Gasteiger partial charge in [0.15, 0.2) is 6.61 Å². The van der Waals surface area contributed by atoms with Crippen LogP contribution in [0, 0.1) is 5.92 Å². The van der Waals surface area contributed by atoms with Gasteiger partial charge in [0.25, 0.3) is 5.91 Å². The maximum absolute atomic E-state index is 12.5. The lowest BCUT2D eigenvalue weighted by atomic mass is 9.88. The Kier molecular flexibility index (Phi) is 7.69.